The molecular formula is C13H23NO4. The van der Waals surface area contributed by atoms with Gasteiger partial charge in [0.15, 0.2) is 0 Å². The van der Waals surface area contributed by atoms with E-state index in [-0.39, 0.29) is 6.10 Å². The second-order valence-electron chi connectivity index (χ2n) is 5.51. The third-order valence-corrected chi connectivity index (χ3v) is 3.84. The summed E-state index contributed by atoms with van der Waals surface area (Å²) in [6.45, 7) is 6.16. The van der Waals surface area contributed by atoms with E-state index in [9.17, 15) is 9.90 Å². The van der Waals surface area contributed by atoms with Gasteiger partial charge in [0.05, 0.1) is 12.7 Å². The number of aliphatic carboxylic acids is 1. The zero-order chi connectivity index (χ0) is 13.0. The normalized spacial score (nSPS) is 35.1. The van der Waals surface area contributed by atoms with E-state index in [1.165, 1.54) is 0 Å². The average molecular weight is 257 g/mol. The van der Waals surface area contributed by atoms with Crippen LogP contribution in [-0.2, 0) is 14.3 Å². The minimum Gasteiger partial charge on any atom is -0.481 e. The SMILES string of the molecule is CC1CN(CC2(C(=O)O)CCCOC2)CCCO1. The molecular weight excluding hydrogens is 234 g/mol. The second-order valence-corrected chi connectivity index (χ2v) is 5.51. The quantitative estimate of drug-likeness (QED) is 0.816. The monoisotopic (exact) mass is 257 g/mol. The molecule has 2 aliphatic rings. The third-order valence-electron chi connectivity index (χ3n) is 3.84. The Kier molecular flexibility index (Phi) is 4.59. The minimum absolute atomic E-state index is 0.183. The molecule has 0 aromatic heterocycles. The van der Waals surface area contributed by atoms with Crippen molar-refractivity contribution in [2.75, 3.05) is 39.5 Å². The molecule has 0 bridgehead atoms. The van der Waals surface area contributed by atoms with Gasteiger partial charge >= 0.3 is 5.97 Å². The maximum atomic E-state index is 11.6. The summed E-state index contributed by atoms with van der Waals surface area (Å²) in [6.07, 6.45) is 2.71. The number of hydrogen-bond donors (Lipinski definition) is 1. The van der Waals surface area contributed by atoms with Crippen molar-refractivity contribution in [3.8, 4) is 0 Å². The lowest BCUT2D eigenvalue weighted by atomic mass is 9.82. The molecule has 2 fully saturated rings. The average Bonchev–Trinajstić information content (AvgIpc) is 2.54. The molecule has 0 aromatic carbocycles. The lowest BCUT2D eigenvalue weighted by Gasteiger charge is -2.37. The minimum atomic E-state index is -0.722. The van der Waals surface area contributed by atoms with E-state index in [0.717, 1.165) is 32.5 Å². The van der Waals surface area contributed by atoms with Crippen LogP contribution in [0.4, 0.5) is 0 Å². The summed E-state index contributed by atoms with van der Waals surface area (Å²) in [7, 11) is 0. The van der Waals surface area contributed by atoms with E-state index >= 15 is 0 Å². The number of carbonyl (C=O) groups is 1. The van der Waals surface area contributed by atoms with Gasteiger partial charge < -0.3 is 14.6 Å². The molecule has 2 aliphatic heterocycles. The van der Waals surface area contributed by atoms with E-state index < -0.39 is 11.4 Å². The number of carboxylic acids is 1. The van der Waals surface area contributed by atoms with Crippen molar-refractivity contribution in [1.29, 1.82) is 0 Å². The van der Waals surface area contributed by atoms with Gasteiger partial charge in [-0.3, -0.25) is 9.69 Å². The van der Waals surface area contributed by atoms with Crippen LogP contribution in [0.15, 0.2) is 0 Å². The second kappa shape index (κ2) is 5.99. The van der Waals surface area contributed by atoms with E-state index in [4.69, 9.17) is 9.47 Å². The molecule has 18 heavy (non-hydrogen) atoms. The Morgan fingerprint density at radius 3 is 2.94 bits per heavy atom. The first kappa shape index (κ1) is 13.8. The standard InChI is InChI=1S/C13H23NO4/c1-11-8-14(5-3-7-18-11)9-13(12(15)16)4-2-6-17-10-13/h11H,2-10H2,1H3,(H,15,16). The first-order valence-electron chi connectivity index (χ1n) is 6.77. The molecule has 2 saturated heterocycles. The zero-order valence-electron chi connectivity index (χ0n) is 11.1. The van der Waals surface area contributed by atoms with E-state index in [1.807, 2.05) is 6.92 Å². The molecule has 2 unspecified atom stereocenters. The van der Waals surface area contributed by atoms with Crippen LogP contribution in [0.1, 0.15) is 26.2 Å². The van der Waals surface area contributed by atoms with E-state index in [2.05, 4.69) is 4.90 Å². The maximum absolute atomic E-state index is 11.6. The van der Waals surface area contributed by atoms with Gasteiger partial charge in [-0.1, -0.05) is 0 Å². The fraction of sp³-hybridized carbons (Fsp3) is 0.923. The van der Waals surface area contributed by atoms with Crippen molar-refractivity contribution in [1.82, 2.24) is 4.90 Å². The van der Waals surface area contributed by atoms with Crippen molar-refractivity contribution in [3.63, 3.8) is 0 Å². The Morgan fingerprint density at radius 2 is 2.28 bits per heavy atom. The summed E-state index contributed by atoms with van der Waals surface area (Å²) in [5.41, 5.74) is -0.720. The summed E-state index contributed by atoms with van der Waals surface area (Å²) in [4.78, 5) is 13.8. The number of ether oxygens (including phenoxy) is 2. The van der Waals surface area contributed by atoms with Gasteiger partial charge in [0, 0.05) is 32.8 Å². The Labute approximate surface area is 108 Å². The smallest absolute Gasteiger partial charge is 0.313 e. The van der Waals surface area contributed by atoms with Gasteiger partial charge in [-0.15, -0.1) is 0 Å². The molecule has 2 heterocycles. The van der Waals surface area contributed by atoms with Crippen LogP contribution in [0.5, 0.6) is 0 Å². The van der Waals surface area contributed by atoms with Crippen molar-refractivity contribution in [2.24, 2.45) is 5.41 Å². The fourth-order valence-electron chi connectivity index (χ4n) is 2.87. The van der Waals surface area contributed by atoms with Crippen molar-refractivity contribution in [2.45, 2.75) is 32.3 Å². The number of hydrogen-bond acceptors (Lipinski definition) is 4. The van der Waals surface area contributed by atoms with Crippen LogP contribution in [0.2, 0.25) is 0 Å². The molecule has 0 amide bonds. The van der Waals surface area contributed by atoms with Crippen LogP contribution in [0, 0.1) is 5.41 Å². The van der Waals surface area contributed by atoms with E-state index in [1.54, 1.807) is 0 Å². The third kappa shape index (κ3) is 3.22. The molecule has 104 valence electrons. The summed E-state index contributed by atoms with van der Waals surface area (Å²) >= 11 is 0. The molecule has 5 nitrogen and oxygen atoms in total. The van der Waals surface area contributed by atoms with Crippen LogP contribution >= 0.6 is 0 Å². The van der Waals surface area contributed by atoms with Crippen molar-refractivity contribution < 1.29 is 19.4 Å². The largest absolute Gasteiger partial charge is 0.481 e. The lowest BCUT2D eigenvalue weighted by Crippen LogP contribution is -2.49. The zero-order valence-corrected chi connectivity index (χ0v) is 11.1. The van der Waals surface area contributed by atoms with Gasteiger partial charge in [0.1, 0.15) is 5.41 Å². The maximum Gasteiger partial charge on any atom is 0.313 e. The molecule has 0 saturated carbocycles. The highest BCUT2D eigenvalue weighted by atomic mass is 16.5. The van der Waals surface area contributed by atoms with Gasteiger partial charge in [-0.2, -0.15) is 0 Å². The summed E-state index contributed by atoms with van der Waals surface area (Å²) in [6, 6.07) is 0. The van der Waals surface area contributed by atoms with Crippen molar-refractivity contribution in [3.05, 3.63) is 0 Å². The molecule has 0 radical (unpaired) electrons. The van der Waals surface area contributed by atoms with Gasteiger partial charge in [-0.05, 0) is 26.2 Å². The molecule has 2 rings (SSSR count). The van der Waals surface area contributed by atoms with E-state index in [0.29, 0.717) is 26.2 Å². The first-order chi connectivity index (χ1) is 8.62. The van der Waals surface area contributed by atoms with Gasteiger partial charge in [-0.25, -0.2) is 0 Å². The molecule has 0 aromatic rings. The predicted octanol–water partition coefficient (Wildman–Crippen LogP) is 0.979. The Balaban J connectivity index is 2.01. The fourth-order valence-corrected chi connectivity index (χ4v) is 2.87. The number of carboxylic acid groups (broad SMARTS) is 1. The molecule has 2 atom stereocenters. The predicted molar refractivity (Wildman–Crippen MR) is 66.6 cm³/mol. The number of nitrogens with zero attached hydrogens (tertiary/aromatic N) is 1. The Morgan fingerprint density at radius 1 is 1.44 bits per heavy atom. The highest BCUT2D eigenvalue weighted by Gasteiger charge is 2.42. The van der Waals surface area contributed by atoms with Crippen LogP contribution in [-0.4, -0.2) is 61.5 Å². The molecule has 1 N–H and O–H groups in total. The van der Waals surface area contributed by atoms with Crippen LogP contribution < -0.4 is 0 Å². The molecule has 5 heteroatoms. The molecule has 0 spiro atoms. The summed E-state index contributed by atoms with van der Waals surface area (Å²) in [5.74, 6) is -0.722. The van der Waals surface area contributed by atoms with Gasteiger partial charge in [0.2, 0.25) is 0 Å². The lowest BCUT2D eigenvalue weighted by molar-refractivity contribution is -0.159. The summed E-state index contributed by atoms with van der Waals surface area (Å²) in [5, 5.41) is 9.52. The topological polar surface area (TPSA) is 59.0 Å². The Hall–Kier alpha value is -0.650. The van der Waals surface area contributed by atoms with Crippen molar-refractivity contribution >= 4 is 5.97 Å². The summed E-state index contributed by atoms with van der Waals surface area (Å²) < 4.78 is 11.0. The molecule has 0 aliphatic carbocycles. The van der Waals surface area contributed by atoms with Crippen LogP contribution in [0.3, 0.4) is 0 Å². The highest BCUT2D eigenvalue weighted by Crippen LogP contribution is 2.30. The number of rotatable bonds is 3. The first-order valence-corrected chi connectivity index (χ1v) is 6.77. The highest BCUT2D eigenvalue weighted by molar-refractivity contribution is 5.75. The van der Waals surface area contributed by atoms with Crippen LogP contribution in [0.25, 0.3) is 0 Å². The van der Waals surface area contributed by atoms with Gasteiger partial charge in [0.25, 0.3) is 0 Å². The Bertz CT molecular complexity index is 289.